The van der Waals surface area contributed by atoms with Gasteiger partial charge in [0, 0.05) is 43.5 Å². The maximum Gasteiger partial charge on any atom is 0.251 e. The van der Waals surface area contributed by atoms with Gasteiger partial charge in [-0.3, -0.25) is 4.79 Å². The van der Waals surface area contributed by atoms with Crippen molar-refractivity contribution in [2.45, 2.75) is 58.0 Å². The Balaban J connectivity index is 1.53. The van der Waals surface area contributed by atoms with Crippen molar-refractivity contribution >= 4 is 17.7 Å². The number of carbonyl (C=O) groups is 1. The van der Waals surface area contributed by atoms with E-state index in [1.54, 1.807) is 0 Å². The Hall–Kier alpha value is -2.63. The molecule has 0 radical (unpaired) electrons. The summed E-state index contributed by atoms with van der Waals surface area (Å²) >= 11 is 0. The Morgan fingerprint density at radius 3 is 2.57 bits per heavy atom. The molecule has 0 unspecified atom stereocenters. The van der Waals surface area contributed by atoms with Crippen LogP contribution >= 0.6 is 0 Å². The van der Waals surface area contributed by atoms with Crippen molar-refractivity contribution in [1.82, 2.24) is 15.3 Å². The molecule has 1 aromatic carbocycles. The molecule has 1 saturated carbocycles. The predicted molar refractivity (Wildman–Crippen MR) is 114 cm³/mol. The first-order chi connectivity index (χ1) is 13.5. The van der Waals surface area contributed by atoms with Crippen LogP contribution in [0.3, 0.4) is 0 Å². The number of amides is 1. The molecule has 6 heteroatoms. The summed E-state index contributed by atoms with van der Waals surface area (Å²) in [7, 11) is 3.89. The molecule has 2 aromatic rings. The third-order valence-corrected chi connectivity index (χ3v) is 5.36. The highest BCUT2D eigenvalue weighted by atomic mass is 16.1. The minimum Gasteiger partial charge on any atom is -0.367 e. The van der Waals surface area contributed by atoms with Crippen LogP contribution in [-0.2, 0) is 6.42 Å². The van der Waals surface area contributed by atoms with E-state index < -0.39 is 0 Å². The Morgan fingerprint density at radius 1 is 1.18 bits per heavy atom. The molecule has 0 saturated heterocycles. The molecule has 150 valence electrons. The number of benzene rings is 1. The zero-order chi connectivity index (χ0) is 20.1. The molecule has 3 rings (SSSR count). The lowest BCUT2D eigenvalue weighted by atomic mass is 9.91. The number of aromatic nitrogens is 2. The molecule has 1 aliphatic rings. The zero-order valence-corrected chi connectivity index (χ0v) is 17.3. The summed E-state index contributed by atoms with van der Waals surface area (Å²) in [5.41, 5.74) is 3.00. The Bertz CT molecular complexity index is 812. The first kappa shape index (κ1) is 20.1. The number of hydrogen-bond donors (Lipinski definition) is 2. The minimum atomic E-state index is 0.0361. The van der Waals surface area contributed by atoms with Gasteiger partial charge in [-0.1, -0.05) is 19.1 Å². The van der Waals surface area contributed by atoms with Crippen LogP contribution in [-0.4, -0.2) is 42.1 Å². The highest BCUT2D eigenvalue weighted by Gasteiger charge is 2.23. The summed E-state index contributed by atoms with van der Waals surface area (Å²) in [6.07, 6.45) is 6.78. The number of carbonyl (C=O) groups excluding carboxylic acids is 1. The molecule has 6 nitrogen and oxygen atoms in total. The predicted octanol–water partition coefficient (Wildman–Crippen LogP) is 3.57. The van der Waals surface area contributed by atoms with Crippen molar-refractivity contribution < 1.29 is 4.79 Å². The maximum absolute atomic E-state index is 12.6. The molecule has 1 aliphatic carbocycles. The molecule has 0 spiro atoms. The lowest BCUT2D eigenvalue weighted by Gasteiger charge is -2.30. The molecular weight excluding hydrogens is 350 g/mol. The normalized spacial score (nSPS) is 19.1. The number of hydrogen-bond acceptors (Lipinski definition) is 5. The molecule has 0 aliphatic heterocycles. The van der Waals surface area contributed by atoms with Crippen LogP contribution in [0, 0.1) is 6.92 Å². The van der Waals surface area contributed by atoms with Gasteiger partial charge in [0.2, 0.25) is 5.95 Å². The first-order valence-corrected chi connectivity index (χ1v) is 10.1. The standard InChI is InChI=1S/C22H31N5O/c1-5-16-7-6-8-17(13-16)21(28)25-19-11-9-18(10-12-19)24-20-15(2)14-23-22(26-20)27(3)4/h6-8,13-14,18-19H,5,9-12H2,1-4H3,(H,25,28)(H,23,24,26)/t18-,19+. The molecule has 2 N–H and O–H groups in total. The number of nitrogens with one attached hydrogen (secondary N) is 2. The average molecular weight is 382 g/mol. The van der Waals surface area contributed by atoms with Crippen LogP contribution in [0.2, 0.25) is 0 Å². The second-order valence-electron chi connectivity index (χ2n) is 7.82. The van der Waals surface area contributed by atoms with Crippen molar-refractivity contribution in [3.05, 3.63) is 47.2 Å². The Labute approximate surface area is 167 Å². The third kappa shape index (κ3) is 5.00. The number of rotatable bonds is 6. The van der Waals surface area contributed by atoms with E-state index in [1.165, 1.54) is 5.56 Å². The monoisotopic (exact) mass is 381 g/mol. The second kappa shape index (κ2) is 9.04. The van der Waals surface area contributed by atoms with Gasteiger partial charge in [0.25, 0.3) is 5.91 Å². The fourth-order valence-corrected chi connectivity index (χ4v) is 3.57. The number of nitrogens with zero attached hydrogens (tertiary/aromatic N) is 3. The average Bonchev–Trinajstić information content (AvgIpc) is 2.71. The van der Waals surface area contributed by atoms with Crippen molar-refractivity contribution in [1.29, 1.82) is 0 Å². The summed E-state index contributed by atoms with van der Waals surface area (Å²) in [6, 6.07) is 8.51. The van der Waals surface area contributed by atoms with E-state index in [2.05, 4.69) is 33.6 Å². The molecule has 1 aromatic heterocycles. The van der Waals surface area contributed by atoms with Crippen molar-refractivity contribution in [3.8, 4) is 0 Å². The zero-order valence-electron chi connectivity index (χ0n) is 17.3. The SMILES string of the molecule is CCc1cccc(C(=O)N[C@H]2CC[C@@H](Nc3nc(N(C)C)ncc3C)CC2)c1. The summed E-state index contributed by atoms with van der Waals surface area (Å²) in [5.74, 6) is 1.65. The van der Waals surface area contributed by atoms with Gasteiger partial charge < -0.3 is 15.5 Å². The van der Waals surface area contributed by atoms with Gasteiger partial charge in [-0.2, -0.15) is 4.98 Å². The summed E-state index contributed by atoms with van der Waals surface area (Å²) < 4.78 is 0. The van der Waals surface area contributed by atoms with Crippen molar-refractivity contribution in [2.75, 3.05) is 24.3 Å². The van der Waals surface area contributed by atoms with Crippen molar-refractivity contribution in [3.63, 3.8) is 0 Å². The number of anilines is 2. The van der Waals surface area contributed by atoms with Gasteiger partial charge in [-0.15, -0.1) is 0 Å². The topological polar surface area (TPSA) is 70.2 Å². The van der Waals surface area contributed by atoms with Crippen LogP contribution < -0.4 is 15.5 Å². The molecule has 1 amide bonds. The van der Waals surface area contributed by atoms with E-state index in [-0.39, 0.29) is 11.9 Å². The first-order valence-electron chi connectivity index (χ1n) is 10.1. The van der Waals surface area contributed by atoms with Gasteiger partial charge >= 0.3 is 0 Å². The highest BCUT2D eigenvalue weighted by molar-refractivity contribution is 5.94. The molecule has 28 heavy (non-hydrogen) atoms. The van der Waals surface area contributed by atoms with Gasteiger partial charge in [0.15, 0.2) is 0 Å². The molecule has 1 fully saturated rings. The van der Waals surface area contributed by atoms with Crippen molar-refractivity contribution in [2.24, 2.45) is 0 Å². The highest BCUT2D eigenvalue weighted by Crippen LogP contribution is 2.24. The van der Waals surface area contributed by atoms with E-state index in [1.807, 2.05) is 50.3 Å². The smallest absolute Gasteiger partial charge is 0.251 e. The Morgan fingerprint density at radius 2 is 1.89 bits per heavy atom. The van der Waals surface area contributed by atoms with Gasteiger partial charge in [-0.25, -0.2) is 4.98 Å². The largest absolute Gasteiger partial charge is 0.367 e. The quantitative estimate of drug-likeness (QED) is 0.801. The van der Waals surface area contributed by atoms with Gasteiger partial charge in [0.05, 0.1) is 0 Å². The van der Waals surface area contributed by atoms with Gasteiger partial charge in [0.1, 0.15) is 5.82 Å². The summed E-state index contributed by atoms with van der Waals surface area (Å²) in [6.45, 7) is 4.13. The Kier molecular flexibility index (Phi) is 6.49. The fourth-order valence-electron chi connectivity index (χ4n) is 3.57. The third-order valence-electron chi connectivity index (χ3n) is 5.36. The van der Waals surface area contributed by atoms with E-state index >= 15 is 0 Å². The van der Waals surface area contributed by atoms with E-state index in [4.69, 9.17) is 0 Å². The molecule has 0 atom stereocenters. The number of aryl methyl sites for hydroxylation is 2. The van der Waals surface area contributed by atoms with E-state index in [0.717, 1.165) is 49.0 Å². The van der Waals surface area contributed by atoms with Crippen LogP contribution in [0.4, 0.5) is 11.8 Å². The lowest BCUT2D eigenvalue weighted by molar-refractivity contribution is 0.0926. The van der Waals surface area contributed by atoms with Crippen LogP contribution in [0.1, 0.15) is 54.1 Å². The minimum absolute atomic E-state index is 0.0361. The van der Waals surface area contributed by atoms with Gasteiger partial charge in [-0.05, 0) is 56.7 Å². The molecule has 1 heterocycles. The fraction of sp³-hybridized carbons (Fsp3) is 0.500. The van der Waals surface area contributed by atoms with Crippen LogP contribution in [0.15, 0.2) is 30.5 Å². The second-order valence-corrected chi connectivity index (χ2v) is 7.82. The summed E-state index contributed by atoms with van der Waals surface area (Å²) in [4.78, 5) is 23.4. The van der Waals surface area contributed by atoms with Crippen LogP contribution in [0.25, 0.3) is 0 Å². The van der Waals surface area contributed by atoms with E-state index in [0.29, 0.717) is 12.0 Å². The lowest BCUT2D eigenvalue weighted by Crippen LogP contribution is -2.40. The van der Waals surface area contributed by atoms with Crippen LogP contribution in [0.5, 0.6) is 0 Å². The molecular formula is C22H31N5O. The maximum atomic E-state index is 12.6. The summed E-state index contributed by atoms with van der Waals surface area (Å²) in [5, 5.41) is 6.78. The van der Waals surface area contributed by atoms with E-state index in [9.17, 15) is 4.79 Å². The molecule has 0 bridgehead atoms.